The zero-order valence-electron chi connectivity index (χ0n) is 10.8. The van der Waals surface area contributed by atoms with Crippen LogP contribution in [0.3, 0.4) is 0 Å². The summed E-state index contributed by atoms with van der Waals surface area (Å²) >= 11 is 0. The van der Waals surface area contributed by atoms with Crippen molar-refractivity contribution in [3.63, 3.8) is 0 Å². The fraction of sp³-hybridized carbons (Fsp3) is 0.0714. The van der Waals surface area contributed by atoms with Crippen LogP contribution in [0.5, 0.6) is 5.75 Å². The Balaban J connectivity index is 2.21. The molecule has 0 aliphatic rings. The lowest BCUT2D eigenvalue weighted by Gasteiger charge is -2.05. The number of nitrogens with zero attached hydrogens (tertiary/aromatic N) is 1. The SMILES string of the molecule is CC(=NNS(=O)(=O)c1ccccc1)c1cccc(O)c1. The second-order valence-corrected chi connectivity index (χ2v) is 5.82. The van der Waals surface area contributed by atoms with E-state index in [1.165, 1.54) is 24.3 Å². The lowest BCUT2D eigenvalue weighted by Crippen LogP contribution is -2.19. The number of hydrogen-bond acceptors (Lipinski definition) is 4. The number of sulfonamides is 1. The van der Waals surface area contributed by atoms with Crippen molar-refractivity contribution in [1.29, 1.82) is 0 Å². The van der Waals surface area contributed by atoms with E-state index < -0.39 is 10.0 Å². The van der Waals surface area contributed by atoms with Gasteiger partial charge in [0.15, 0.2) is 0 Å². The van der Waals surface area contributed by atoms with Crippen LogP contribution in [0.1, 0.15) is 12.5 Å². The standard InChI is InChI=1S/C14H14N2O3S/c1-11(12-6-5-7-13(17)10-12)15-16-20(18,19)14-8-3-2-4-9-14/h2-10,16-17H,1H3. The second-order valence-electron chi connectivity index (χ2n) is 4.16. The van der Waals surface area contributed by atoms with Crippen molar-refractivity contribution >= 4 is 15.7 Å². The molecule has 6 heteroatoms. The number of aromatic hydroxyl groups is 1. The first kappa shape index (κ1) is 14.1. The molecule has 0 unspecified atom stereocenters. The normalized spacial score (nSPS) is 12.2. The molecule has 0 aliphatic heterocycles. The van der Waals surface area contributed by atoms with Crippen LogP contribution in [0.25, 0.3) is 0 Å². The van der Waals surface area contributed by atoms with Crippen molar-refractivity contribution in [2.45, 2.75) is 11.8 Å². The summed E-state index contributed by atoms with van der Waals surface area (Å²) in [5, 5.41) is 13.2. The van der Waals surface area contributed by atoms with E-state index in [1.54, 1.807) is 37.3 Å². The van der Waals surface area contributed by atoms with E-state index >= 15 is 0 Å². The molecule has 2 N–H and O–H groups in total. The van der Waals surface area contributed by atoms with Crippen LogP contribution in [0.15, 0.2) is 64.6 Å². The molecular weight excluding hydrogens is 276 g/mol. The highest BCUT2D eigenvalue weighted by Gasteiger charge is 2.12. The fourth-order valence-corrected chi connectivity index (χ4v) is 2.45. The Labute approximate surface area is 117 Å². The van der Waals surface area contributed by atoms with Gasteiger partial charge in [-0.15, -0.1) is 0 Å². The molecule has 0 bridgehead atoms. The molecule has 104 valence electrons. The van der Waals surface area contributed by atoms with Crippen LogP contribution in [-0.4, -0.2) is 19.2 Å². The van der Waals surface area contributed by atoms with Gasteiger partial charge in [0.1, 0.15) is 5.75 Å². The molecule has 0 heterocycles. The molecule has 5 nitrogen and oxygen atoms in total. The molecule has 2 aromatic rings. The van der Waals surface area contributed by atoms with Gasteiger partial charge in [0.25, 0.3) is 10.0 Å². The molecule has 0 atom stereocenters. The van der Waals surface area contributed by atoms with Crippen molar-refractivity contribution in [3.8, 4) is 5.75 Å². The van der Waals surface area contributed by atoms with Gasteiger partial charge in [-0.2, -0.15) is 18.4 Å². The first-order valence-electron chi connectivity index (χ1n) is 5.89. The van der Waals surface area contributed by atoms with Crippen molar-refractivity contribution in [1.82, 2.24) is 4.83 Å². The fourth-order valence-electron chi connectivity index (χ4n) is 1.58. The van der Waals surface area contributed by atoms with Crippen LogP contribution in [0, 0.1) is 0 Å². The summed E-state index contributed by atoms with van der Waals surface area (Å²) < 4.78 is 23.9. The smallest absolute Gasteiger partial charge is 0.276 e. The molecular formula is C14H14N2O3S. The van der Waals surface area contributed by atoms with E-state index in [9.17, 15) is 13.5 Å². The lowest BCUT2D eigenvalue weighted by molar-refractivity contribution is 0.475. The van der Waals surface area contributed by atoms with Crippen molar-refractivity contribution in [3.05, 3.63) is 60.2 Å². The van der Waals surface area contributed by atoms with Gasteiger partial charge in [0, 0.05) is 5.56 Å². The highest BCUT2D eigenvalue weighted by Crippen LogP contribution is 2.12. The van der Waals surface area contributed by atoms with Crippen molar-refractivity contribution < 1.29 is 13.5 Å². The number of phenolic OH excluding ortho intramolecular Hbond substituents is 1. The minimum atomic E-state index is -3.67. The Morgan fingerprint density at radius 2 is 1.80 bits per heavy atom. The highest BCUT2D eigenvalue weighted by molar-refractivity contribution is 7.89. The van der Waals surface area contributed by atoms with E-state index in [4.69, 9.17) is 0 Å². The first-order valence-corrected chi connectivity index (χ1v) is 7.38. The summed E-state index contributed by atoms with van der Waals surface area (Å²) in [6.45, 7) is 1.66. The first-order chi connectivity index (χ1) is 9.49. The Kier molecular flexibility index (Phi) is 4.05. The number of benzene rings is 2. The third kappa shape index (κ3) is 3.36. The van der Waals surface area contributed by atoms with Crippen LogP contribution in [-0.2, 0) is 10.0 Å². The number of rotatable bonds is 4. The molecule has 20 heavy (non-hydrogen) atoms. The predicted molar refractivity (Wildman–Crippen MR) is 77.1 cm³/mol. The maximum Gasteiger partial charge on any atom is 0.276 e. The molecule has 2 aromatic carbocycles. The van der Waals surface area contributed by atoms with Crippen LogP contribution < -0.4 is 4.83 Å². The number of hydrogen-bond donors (Lipinski definition) is 2. The summed E-state index contributed by atoms with van der Waals surface area (Å²) in [5.41, 5.74) is 1.10. The van der Waals surface area contributed by atoms with Crippen molar-refractivity contribution in [2.24, 2.45) is 5.10 Å². The zero-order valence-corrected chi connectivity index (χ0v) is 11.6. The average Bonchev–Trinajstić information content (AvgIpc) is 2.46. The molecule has 0 radical (unpaired) electrons. The van der Waals surface area contributed by atoms with Gasteiger partial charge in [0.2, 0.25) is 0 Å². The third-order valence-corrected chi connectivity index (χ3v) is 3.88. The minimum absolute atomic E-state index is 0.1000. The van der Waals surface area contributed by atoms with E-state index in [2.05, 4.69) is 9.93 Å². The van der Waals surface area contributed by atoms with Crippen LogP contribution in [0.2, 0.25) is 0 Å². The molecule has 0 aliphatic carbocycles. The Morgan fingerprint density at radius 3 is 2.45 bits per heavy atom. The Morgan fingerprint density at radius 1 is 1.10 bits per heavy atom. The average molecular weight is 290 g/mol. The van der Waals surface area contributed by atoms with E-state index in [0.29, 0.717) is 11.3 Å². The summed E-state index contributed by atoms with van der Waals surface area (Å²) in [5.74, 6) is 0.1000. The summed E-state index contributed by atoms with van der Waals surface area (Å²) in [6.07, 6.45) is 0. The summed E-state index contributed by atoms with van der Waals surface area (Å²) in [7, 11) is -3.67. The summed E-state index contributed by atoms with van der Waals surface area (Å²) in [6, 6.07) is 14.4. The van der Waals surface area contributed by atoms with Gasteiger partial charge in [-0.05, 0) is 31.2 Å². The highest BCUT2D eigenvalue weighted by atomic mass is 32.2. The van der Waals surface area contributed by atoms with E-state index in [1.807, 2.05) is 0 Å². The van der Waals surface area contributed by atoms with Crippen molar-refractivity contribution in [2.75, 3.05) is 0 Å². The zero-order chi connectivity index (χ0) is 14.6. The number of phenols is 1. The van der Waals surface area contributed by atoms with Gasteiger partial charge in [-0.25, -0.2) is 0 Å². The Bertz CT molecular complexity index is 725. The maximum atomic E-state index is 12.0. The minimum Gasteiger partial charge on any atom is -0.508 e. The molecule has 2 rings (SSSR count). The third-order valence-electron chi connectivity index (χ3n) is 2.65. The Hall–Kier alpha value is -2.34. The summed E-state index contributed by atoms with van der Waals surface area (Å²) in [4.78, 5) is 2.32. The molecule has 0 saturated heterocycles. The number of hydrazone groups is 1. The van der Waals surface area contributed by atoms with Gasteiger partial charge < -0.3 is 5.11 Å². The largest absolute Gasteiger partial charge is 0.508 e. The monoisotopic (exact) mass is 290 g/mol. The lowest BCUT2D eigenvalue weighted by atomic mass is 10.1. The van der Waals surface area contributed by atoms with Gasteiger partial charge in [0.05, 0.1) is 10.6 Å². The molecule has 0 aromatic heterocycles. The van der Waals surface area contributed by atoms with Gasteiger partial charge in [-0.3, -0.25) is 0 Å². The maximum absolute atomic E-state index is 12.0. The number of nitrogens with one attached hydrogen (secondary N) is 1. The van der Waals surface area contributed by atoms with E-state index in [-0.39, 0.29) is 10.6 Å². The molecule has 0 spiro atoms. The van der Waals surface area contributed by atoms with Gasteiger partial charge in [-0.1, -0.05) is 30.3 Å². The quantitative estimate of drug-likeness (QED) is 0.668. The topological polar surface area (TPSA) is 78.8 Å². The van der Waals surface area contributed by atoms with Crippen LogP contribution in [0.4, 0.5) is 0 Å². The predicted octanol–water partition coefficient (Wildman–Crippen LogP) is 2.09. The van der Waals surface area contributed by atoms with Gasteiger partial charge >= 0.3 is 0 Å². The van der Waals surface area contributed by atoms with Crippen LogP contribution >= 0.6 is 0 Å². The molecule has 0 saturated carbocycles. The second kappa shape index (κ2) is 5.75. The van der Waals surface area contributed by atoms with E-state index in [0.717, 1.165) is 0 Å². The molecule has 0 amide bonds. The molecule has 0 fully saturated rings.